The maximum absolute atomic E-state index is 12.9. The highest BCUT2D eigenvalue weighted by Crippen LogP contribution is 2.42. The molecule has 3 aromatic rings. The van der Waals surface area contributed by atoms with Gasteiger partial charge in [0.2, 0.25) is 11.8 Å². The summed E-state index contributed by atoms with van der Waals surface area (Å²) in [5.41, 5.74) is 6.59. The van der Waals surface area contributed by atoms with Crippen molar-refractivity contribution in [3.63, 3.8) is 0 Å². The van der Waals surface area contributed by atoms with E-state index in [1.54, 1.807) is 37.3 Å². The van der Waals surface area contributed by atoms with Crippen LogP contribution in [-0.4, -0.2) is 41.3 Å². The van der Waals surface area contributed by atoms with Gasteiger partial charge in [-0.15, -0.1) is 0 Å². The Labute approximate surface area is 176 Å². The van der Waals surface area contributed by atoms with Crippen LogP contribution in [0.15, 0.2) is 40.9 Å². The summed E-state index contributed by atoms with van der Waals surface area (Å²) in [6, 6.07) is 8.53. The monoisotopic (exact) mass is 433 g/mol. The summed E-state index contributed by atoms with van der Waals surface area (Å²) in [6.07, 6.45) is -0.122. The largest absolute Gasteiger partial charge is 0.493 e. The van der Waals surface area contributed by atoms with Crippen LogP contribution in [0.25, 0.3) is 22.7 Å². The smallest absolute Gasteiger partial charge is 0.404 e. The second-order valence-corrected chi connectivity index (χ2v) is 7.53. The van der Waals surface area contributed by atoms with Crippen LogP contribution in [0.2, 0.25) is 0 Å². The molecule has 0 saturated heterocycles. The molecule has 1 amide bonds. The normalized spacial score (nSPS) is 16.5. The predicted octanol–water partition coefficient (Wildman–Crippen LogP) is 4.18. The predicted molar refractivity (Wildman–Crippen MR) is 106 cm³/mol. The Morgan fingerprint density at radius 2 is 2.03 bits per heavy atom. The minimum Gasteiger partial charge on any atom is -0.493 e. The Balaban J connectivity index is 1.37. The molecule has 1 saturated carbocycles. The molecule has 164 valence electrons. The maximum Gasteiger partial charge on any atom is 0.404 e. The van der Waals surface area contributed by atoms with Gasteiger partial charge in [-0.25, -0.2) is 23.5 Å². The third-order valence-electron chi connectivity index (χ3n) is 4.78. The fraction of sp³-hybridized carbons (Fsp3) is 0.381. The molecule has 0 spiro atoms. The number of pyridine rings is 1. The first-order chi connectivity index (χ1) is 14.8. The molecule has 8 nitrogen and oxygen atoms in total. The Kier molecular flexibility index (Phi) is 5.62. The number of hydrogen-bond donors (Lipinski definition) is 1. The Bertz CT molecular complexity index is 1060. The molecule has 1 atom stereocenters. The van der Waals surface area contributed by atoms with Crippen molar-refractivity contribution in [2.75, 3.05) is 13.2 Å². The molecular formula is C21H21F2N3O5. The summed E-state index contributed by atoms with van der Waals surface area (Å²) in [7, 11) is 0. The van der Waals surface area contributed by atoms with Crippen molar-refractivity contribution in [3.05, 3.63) is 36.5 Å². The molecule has 2 aromatic heterocycles. The molecule has 0 radical (unpaired) electrons. The van der Waals surface area contributed by atoms with Crippen LogP contribution in [-0.2, 0) is 4.74 Å². The van der Waals surface area contributed by atoms with E-state index in [-0.39, 0.29) is 32.0 Å². The third-order valence-corrected chi connectivity index (χ3v) is 4.78. The number of oxazole rings is 1. The maximum atomic E-state index is 12.9. The van der Waals surface area contributed by atoms with Crippen molar-refractivity contribution in [1.29, 1.82) is 0 Å². The SMILES string of the molecule is C[C@@H](COc1ccc(-c2nc3ccc(OCC4CC(F)(F)C4)cc3o2)nc1)OC(N)=O. The molecule has 10 heteroatoms. The van der Waals surface area contributed by atoms with Crippen LogP contribution in [0.5, 0.6) is 11.5 Å². The number of carbonyl (C=O) groups excluding carboxylic acids is 1. The summed E-state index contributed by atoms with van der Waals surface area (Å²) in [4.78, 5) is 19.4. The molecule has 2 N–H and O–H groups in total. The van der Waals surface area contributed by atoms with Crippen LogP contribution in [0.1, 0.15) is 19.8 Å². The molecule has 1 aliphatic rings. The van der Waals surface area contributed by atoms with Gasteiger partial charge in [0.15, 0.2) is 5.58 Å². The van der Waals surface area contributed by atoms with Gasteiger partial charge >= 0.3 is 6.09 Å². The van der Waals surface area contributed by atoms with Crippen LogP contribution in [0.3, 0.4) is 0 Å². The van der Waals surface area contributed by atoms with Crippen molar-refractivity contribution in [2.45, 2.75) is 31.8 Å². The molecule has 31 heavy (non-hydrogen) atoms. The van der Waals surface area contributed by atoms with Crippen molar-refractivity contribution in [1.82, 2.24) is 9.97 Å². The molecule has 0 unspecified atom stereocenters. The first-order valence-electron chi connectivity index (χ1n) is 9.74. The van der Waals surface area contributed by atoms with E-state index in [0.717, 1.165) is 0 Å². The molecule has 1 fully saturated rings. The van der Waals surface area contributed by atoms with Crippen LogP contribution < -0.4 is 15.2 Å². The van der Waals surface area contributed by atoms with Crippen LogP contribution >= 0.6 is 0 Å². The number of primary amides is 1. The van der Waals surface area contributed by atoms with E-state index >= 15 is 0 Å². The van der Waals surface area contributed by atoms with Crippen molar-refractivity contribution in [2.24, 2.45) is 11.7 Å². The van der Waals surface area contributed by atoms with E-state index in [1.165, 1.54) is 6.20 Å². The first-order valence-corrected chi connectivity index (χ1v) is 9.74. The number of nitrogens with two attached hydrogens (primary N) is 1. The number of amides is 1. The number of rotatable bonds is 8. The highest BCUT2D eigenvalue weighted by atomic mass is 19.3. The fourth-order valence-electron chi connectivity index (χ4n) is 3.26. The quantitative estimate of drug-likeness (QED) is 0.568. The molecule has 0 bridgehead atoms. The average molecular weight is 433 g/mol. The number of alkyl halides is 2. The van der Waals surface area contributed by atoms with Gasteiger partial charge < -0.3 is 24.4 Å². The highest BCUT2D eigenvalue weighted by molar-refractivity contribution is 5.77. The van der Waals surface area contributed by atoms with E-state index in [1.807, 2.05) is 0 Å². The summed E-state index contributed by atoms with van der Waals surface area (Å²) >= 11 is 0. The zero-order chi connectivity index (χ0) is 22.0. The number of benzene rings is 1. The van der Waals surface area contributed by atoms with Crippen LogP contribution in [0.4, 0.5) is 13.6 Å². The van der Waals surface area contributed by atoms with E-state index in [0.29, 0.717) is 34.2 Å². The van der Waals surface area contributed by atoms with Crippen molar-refractivity contribution in [3.8, 4) is 23.1 Å². The van der Waals surface area contributed by atoms with Crippen molar-refractivity contribution >= 4 is 17.2 Å². The van der Waals surface area contributed by atoms with E-state index < -0.39 is 18.1 Å². The lowest BCUT2D eigenvalue weighted by molar-refractivity contribution is -0.119. The summed E-state index contributed by atoms with van der Waals surface area (Å²) < 4.78 is 47.5. The molecule has 4 rings (SSSR count). The zero-order valence-corrected chi connectivity index (χ0v) is 16.7. The average Bonchev–Trinajstić information content (AvgIpc) is 3.12. The van der Waals surface area contributed by atoms with Gasteiger partial charge in [-0.3, -0.25) is 0 Å². The van der Waals surface area contributed by atoms with Gasteiger partial charge in [0.05, 0.1) is 12.8 Å². The van der Waals surface area contributed by atoms with Gasteiger partial charge in [-0.2, -0.15) is 0 Å². The standard InChI is InChI=1S/C21H21F2N3O5/c1-12(30-20(24)27)10-28-15-3-5-17(25-9-15)19-26-16-4-2-14(6-18(16)31-19)29-11-13-7-21(22,23)8-13/h2-6,9,12-13H,7-8,10-11H2,1H3,(H2,24,27)/t12-/m0/s1. The van der Waals surface area contributed by atoms with Gasteiger partial charge in [0, 0.05) is 24.8 Å². The Hall–Kier alpha value is -3.43. The number of hydrogen-bond acceptors (Lipinski definition) is 7. The first kappa shape index (κ1) is 20.8. The van der Waals surface area contributed by atoms with E-state index in [9.17, 15) is 13.6 Å². The number of ether oxygens (including phenoxy) is 3. The van der Waals surface area contributed by atoms with Gasteiger partial charge in [0.1, 0.15) is 35.4 Å². The fourth-order valence-corrected chi connectivity index (χ4v) is 3.26. The summed E-state index contributed by atoms with van der Waals surface area (Å²) in [6.45, 7) is 2.03. The zero-order valence-electron chi connectivity index (χ0n) is 16.7. The number of carbonyl (C=O) groups is 1. The Morgan fingerprint density at radius 1 is 1.26 bits per heavy atom. The van der Waals surface area contributed by atoms with Crippen molar-refractivity contribution < 1.29 is 32.2 Å². The molecule has 2 heterocycles. The minimum absolute atomic E-state index is 0.133. The lowest BCUT2D eigenvalue weighted by Gasteiger charge is -2.34. The summed E-state index contributed by atoms with van der Waals surface area (Å²) in [5, 5.41) is 0. The lowest BCUT2D eigenvalue weighted by atomic mass is 9.82. The topological polar surface area (TPSA) is 110 Å². The van der Waals surface area contributed by atoms with Gasteiger partial charge in [-0.1, -0.05) is 0 Å². The van der Waals surface area contributed by atoms with E-state index in [4.69, 9.17) is 24.4 Å². The number of fused-ring (bicyclic) bond motifs is 1. The lowest BCUT2D eigenvalue weighted by Crippen LogP contribution is -2.38. The molecule has 0 aliphatic heterocycles. The second kappa shape index (κ2) is 8.37. The van der Waals surface area contributed by atoms with E-state index in [2.05, 4.69) is 9.97 Å². The van der Waals surface area contributed by atoms with Gasteiger partial charge in [0.25, 0.3) is 0 Å². The number of aromatic nitrogens is 2. The summed E-state index contributed by atoms with van der Waals surface area (Å²) in [5.74, 6) is -1.35. The highest BCUT2D eigenvalue weighted by Gasteiger charge is 2.45. The molecule has 1 aromatic carbocycles. The molecule has 1 aliphatic carbocycles. The third kappa shape index (κ3) is 5.19. The number of halogens is 2. The Morgan fingerprint density at radius 3 is 2.71 bits per heavy atom. The molecular weight excluding hydrogens is 412 g/mol. The van der Waals surface area contributed by atoms with Gasteiger partial charge in [-0.05, 0) is 31.2 Å². The second-order valence-electron chi connectivity index (χ2n) is 7.53. The number of nitrogens with zero attached hydrogens (tertiary/aromatic N) is 2. The minimum atomic E-state index is -2.55. The van der Waals surface area contributed by atoms with Crippen LogP contribution in [0, 0.1) is 5.92 Å².